The number of aliphatic carboxylic acids is 1. The summed E-state index contributed by atoms with van der Waals surface area (Å²) in [5.74, 6) is -2.11. The number of nitro groups is 1. The van der Waals surface area contributed by atoms with E-state index in [-0.39, 0.29) is 24.2 Å². The molecule has 0 aliphatic rings. The van der Waals surface area contributed by atoms with Gasteiger partial charge in [0.2, 0.25) is 5.91 Å². The third-order valence-electron chi connectivity index (χ3n) is 2.95. The number of nitrogens with zero attached hydrogens (tertiary/aromatic N) is 1. The Bertz CT molecular complexity index is 643. The predicted octanol–water partition coefficient (Wildman–Crippen LogP) is 0.612. The summed E-state index contributed by atoms with van der Waals surface area (Å²) in [4.78, 5) is 44.1. The molecule has 3 N–H and O–H groups in total. The normalized spacial score (nSPS) is 11.4. The number of hydrogen-bond donors (Lipinski definition) is 3. The largest absolute Gasteiger partial charge is 0.481 e. The smallest absolute Gasteiger partial charge is 0.305 e. The number of carboxylic acid groups (broad SMARTS) is 1. The van der Waals surface area contributed by atoms with Crippen LogP contribution in [-0.4, -0.2) is 40.4 Å². The molecule has 0 fully saturated rings. The highest BCUT2D eigenvalue weighted by Gasteiger charge is 2.15. The van der Waals surface area contributed by atoms with Gasteiger partial charge in [0.25, 0.3) is 11.6 Å². The first kappa shape index (κ1) is 18.1. The van der Waals surface area contributed by atoms with Crippen molar-refractivity contribution in [2.45, 2.75) is 26.3 Å². The van der Waals surface area contributed by atoms with Crippen LogP contribution in [0.1, 0.15) is 29.3 Å². The van der Waals surface area contributed by atoms with Crippen LogP contribution >= 0.6 is 0 Å². The molecule has 0 bridgehead atoms. The van der Waals surface area contributed by atoms with E-state index in [9.17, 15) is 24.5 Å². The molecule has 0 saturated carbocycles. The lowest BCUT2D eigenvalue weighted by Gasteiger charge is -2.12. The quantitative estimate of drug-likeness (QED) is 0.496. The lowest BCUT2D eigenvalue weighted by molar-refractivity contribution is -0.385. The minimum atomic E-state index is -1.04. The van der Waals surface area contributed by atoms with Gasteiger partial charge in [-0.25, -0.2) is 0 Å². The van der Waals surface area contributed by atoms with Crippen LogP contribution in [0, 0.1) is 17.0 Å². The highest BCUT2D eigenvalue weighted by atomic mass is 16.6. The molecule has 1 aromatic rings. The molecular weight excluding hydrogens is 306 g/mol. The molecule has 1 rings (SSSR count). The van der Waals surface area contributed by atoms with E-state index in [4.69, 9.17) is 5.11 Å². The Balaban J connectivity index is 2.57. The number of rotatable bonds is 7. The van der Waals surface area contributed by atoms with Crippen LogP contribution in [0.3, 0.4) is 0 Å². The Hall–Kier alpha value is -2.97. The van der Waals surface area contributed by atoms with E-state index in [1.807, 2.05) is 0 Å². The van der Waals surface area contributed by atoms with Crippen molar-refractivity contribution in [2.24, 2.45) is 0 Å². The van der Waals surface area contributed by atoms with Gasteiger partial charge >= 0.3 is 5.97 Å². The van der Waals surface area contributed by atoms with Gasteiger partial charge < -0.3 is 15.7 Å². The molecule has 0 saturated heterocycles. The van der Waals surface area contributed by atoms with Gasteiger partial charge in [-0.05, 0) is 26.0 Å². The van der Waals surface area contributed by atoms with Crippen molar-refractivity contribution >= 4 is 23.5 Å². The van der Waals surface area contributed by atoms with E-state index >= 15 is 0 Å². The average Bonchev–Trinajstić information content (AvgIpc) is 2.43. The molecule has 0 spiro atoms. The van der Waals surface area contributed by atoms with E-state index in [1.54, 1.807) is 0 Å². The summed E-state index contributed by atoms with van der Waals surface area (Å²) in [6, 6.07) is 3.32. The molecule has 9 nitrogen and oxygen atoms in total. The first-order valence-electron chi connectivity index (χ1n) is 6.75. The van der Waals surface area contributed by atoms with E-state index < -0.39 is 28.7 Å². The van der Waals surface area contributed by atoms with Crippen molar-refractivity contribution in [1.82, 2.24) is 10.6 Å². The standard InChI is InChI=1S/C14H17N3O6/c1-8-5-10(3-4-11(8)17(22)23)14(21)15-7-12(18)16-9(2)6-13(19)20/h3-5,9H,6-7H2,1-2H3,(H,15,21)(H,16,18)(H,19,20). The molecule has 2 amide bonds. The topological polar surface area (TPSA) is 139 Å². The van der Waals surface area contributed by atoms with Gasteiger partial charge in [0.15, 0.2) is 0 Å². The van der Waals surface area contributed by atoms with Gasteiger partial charge in [-0.3, -0.25) is 24.5 Å². The highest BCUT2D eigenvalue weighted by molar-refractivity contribution is 5.96. The SMILES string of the molecule is Cc1cc(C(=O)NCC(=O)NC(C)CC(=O)O)ccc1[N+](=O)[O-]. The fourth-order valence-electron chi connectivity index (χ4n) is 1.90. The lowest BCUT2D eigenvalue weighted by atomic mass is 10.1. The van der Waals surface area contributed by atoms with Crippen LogP contribution in [0.5, 0.6) is 0 Å². The first-order chi connectivity index (χ1) is 10.7. The maximum Gasteiger partial charge on any atom is 0.305 e. The average molecular weight is 323 g/mol. The van der Waals surface area contributed by atoms with Crippen LogP contribution in [0.15, 0.2) is 18.2 Å². The van der Waals surface area contributed by atoms with E-state index in [0.717, 1.165) is 0 Å². The van der Waals surface area contributed by atoms with Crippen LogP contribution < -0.4 is 10.6 Å². The Morgan fingerprint density at radius 3 is 2.52 bits per heavy atom. The zero-order valence-corrected chi connectivity index (χ0v) is 12.7. The van der Waals surface area contributed by atoms with Crippen molar-refractivity contribution in [3.05, 3.63) is 39.4 Å². The number of carbonyl (C=O) groups excluding carboxylic acids is 2. The Kier molecular flexibility index (Phi) is 6.19. The summed E-state index contributed by atoms with van der Waals surface area (Å²) in [5.41, 5.74) is 0.434. The van der Waals surface area contributed by atoms with Gasteiger partial charge in [0, 0.05) is 23.2 Å². The molecule has 0 heterocycles. The predicted molar refractivity (Wildman–Crippen MR) is 80.0 cm³/mol. The maximum atomic E-state index is 11.9. The molecular formula is C14H17N3O6. The molecule has 23 heavy (non-hydrogen) atoms. The molecule has 0 radical (unpaired) electrons. The first-order valence-corrected chi connectivity index (χ1v) is 6.75. The van der Waals surface area contributed by atoms with Crippen molar-refractivity contribution in [3.8, 4) is 0 Å². The Labute approximate surface area is 131 Å². The number of carbonyl (C=O) groups is 3. The number of nitro benzene ring substituents is 1. The monoisotopic (exact) mass is 323 g/mol. The zero-order chi connectivity index (χ0) is 17.6. The second kappa shape index (κ2) is 7.87. The summed E-state index contributed by atoms with van der Waals surface area (Å²) in [5, 5.41) is 24.1. The molecule has 1 aromatic carbocycles. The molecule has 0 aliphatic heterocycles. The van der Waals surface area contributed by atoms with E-state index in [2.05, 4.69) is 10.6 Å². The molecule has 124 valence electrons. The minimum Gasteiger partial charge on any atom is -0.481 e. The summed E-state index contributed by atoms with van der Waals surface area (Å²) in [7, 11) is 0. The molecule has 1 atom stereocenters. The molecule has 9 heteroatoms. The second-order valence-corrected chi connectivity index (χ2v) is 5.01. The summed E-state index contributed by atoms with van der Waals surface area (Å²) in [6.45, 7) is 2.72. The van der Waals surface area contributed by atoms with Gasteiger partial charge in [-0.2, -0.15) is 0 Å². The van der Waals surface area contributed by atoms with Crippen molar-refractivity contribution in [1.29, 1.82) is 0 Å². The number of hydrogen-bond acceptors (Lipinski definition) is 5. The number of carboxylic acids is 1. The number of amides is 2. The Morgan fingerprint density at radius 1 is 1.35 bits per heavy atom. The third kappa shape index (κ3) is 5.73. The number of nitrogens with one attached hydrogen (secondary N) is 2. The maximum absolute atomic E-state index is 11.9. The lowest BCUT2D eigenvalue weighted by Crippen LogP contribution is -2.41. The van der Waals surface area contributed by atoms with Crippen LogP contribution in [0.2, 0.25) is 0 Å². The van der Waals surface area contributed by atoms with Crippen LogP contribution in [-0.2, 0) is 9.59 Å². The van der Waals surface area contributed by atoms with Crippen molar-refractivity contribution < 1.29 is 24.4 Å². The molecule has 1 unspecified atom stereocenters. The summed E-state index contributed by atoms with van der Waals surface area (Å²) >= 11 is 0. The third-order valence-corrected chi connectivity index (χ3v) is 2.95. The van der Waals surface area contributed by atoms with Gasteiger partial charge in [-0.15, -0.1) is 0 Å². The molecule has 0 aliphatic carbocycles. The Morgan fingerprint density at radius 2 is 2.00 bits per heavy atom. The summed E-state index contributed by atoms with van der Waals surface area (Å²) in [6.07, 6.45) is -0.221. The highest BCUT2D eigenvalue weighted by Crippen LogP contribution is 2.18. The number of benzene rings is 1. The van der Waals surface area contributed by atoms with Crippen molar-refractivity contribution in [3.63, 3.8) is 0 Å². The van der Waals surface area contributed by atoms with E-state index in [1.165, 1.54) is 32.0 Å². The fraction of sp³-hybridized carbons (Fsp3) is 0.357. The zero-order valence-electron chi connectivity index (χ0n) is 12.7. The summed E-state index contributed by atoms with van der Waals surface area (Å²) < 4.78 is 0. The van der Waals surface area contributed by atoms with Gasteiger partial charge in [0.05, 0.1) is 17.9 Å². The van der Waals surface area contributed by atoms with Crippen LogP contribution in [0.4, 0.5) is 5.69 Å². The molecule has 0 aromatic heterocycles. The minimum absolute atomic E-state index is 0.0956. The number of aryl methyl sites for hydroxylation is 1. The van der Waals surface area contributed by atoms with Gasteiger partial charge in [-0.1, -0.05) is 0 Å². The second-order valence-electron chi connectivity index (χ2n) is 5.01. The van der Waals surface area contributed by atoms with Crippen LogP contribution in [0.25, 0.3) is 0 Å². The van der Waals surface area contributed by atoms with Crippen molar-refractivity contribution in [2.75, 3.05) is 6.54 Å². The van der Waals surface area contributed by atoms with E-state index in [0.29, 0.717) is 5.56 Å². The fourth-order valence-corrected chi connectivity index (χ4v) is 1.90. The van der Waals surface area contributed by atoms with Gasteiger partial charge in [0.1, 0.15) is 0 Å².